The van der Waals surface area contributed by atoms with Crippen LogP contribution in [0.25, 0.3) is 0 Å². The summed E-state index contributed by atoms with van der Waals surface area (Å²) in [4.78, 5) is 0. The highest BCUT2D eigenvalue weighted by Gasteiger charge is 2.14. The Morgan fingerprint density at radius 2 is 1.57 bits per heavy atom. The third kappa shape index (κ3) is 2.71. The first-order valence-electron chi connectivity index (χ1n) is 3.38. The van der Waals surface area contributed by atoms with E-state index in [9.17, 15) is 21.6 Å². The maximum absolute atomic E-state index is 12.8. The van der Waals surface area contributed by atoms with Crippen molar-refractivity contribution in [3.05, 3.63) is 35.1 Å². The molecule has 78 valence electrons. The van der Waals surface area contributed by atoms with Crippen LogP contribution in [0, 0.1) is 17.5 Å². The van der Waals surface area contributed by atoms with E-state index in [1.54, 1.807) is 0 Å². The molecular formula is C7H5F3O3S. The molecule has 0 heterocycles. The molecule has 7 heteroatoms. The third-order valence-corrected chi connectivity index (χ3v) is 2.10. The van der Waals surface area contributed by atoms with E-state index in [0.29, 0.717) is 6.07 Å². The van der Waals surface area contributed by atoms with E-state index in [1.807, 2.05) is 0 Å². The minimum Gasteiger partial charge on any atom is -0.285 e. The molecule has 0 bridgehead atoms. The van der Waals surface area contributed by atoms with Crippen molar-refractivity contribution in [2.75, 3.05) is 0 Å². The molecule has 0 atom stereocenters. The molecule has 1 aromatic carbocycles. The lowest BCUT2D eigenvalue weighted by molar-refractivity contribution is 0.474. The molecule has 0 saturated heterocycles. The van der Waals surface area contributed by atoms with Gasteiger partial charge in [0.1, 0.15) is 11.6 Å². The van der Waals surface area contributed by atoms with Crippen LogP contribution >= 0.6 is 0 Å². The second kappa shape index (κ2) is 3.58. The van der Waals surface area contributed by atoms with Crippen LogP contribution in [0.3, 0.4) is 0 Å². The lowest BCUT2D eigenvalue weighted by Crippen LogP contribution is -2.05. The van der Waals surface area contributed by atoms with Crippen molar-refractivity contribution >= 4 is 10.1 Å². The Bertz CT molecular complexity index is 455. The molecule has 0 spiro atoms. The van der Waals surface area contributed by atoms with Gasteiger partial charge in [-0.15, -0.1) is 0 Å². The lowest BCUT2D eigenvalue weighted by atomic mass is 10.2. The van der Waals surface area contributed by atoms with E-state index >= 15 is 0 Å². The Morgan fingerprint density at radius 1 is 1.07 bits per heavy atom. The molecule has 1 aromatic rings. The number of hydrogen-bond donors (Lipinski definition) is 1. The minimum absolute atomic E-state index is 0.218. The highest BCUT2D eigenvalue weighted by Crippen LogP contribution is 2.15. The molecular weight excluding hydrogens is 221 g/mol. The van der Waals surface area contributed by atoms with Crippen LogP contribution in [0.15, 0.2) is 12.1 Å². The van der Waals surface area contributed by atoms with Crippen molar-refractivity contribution in [1.82, 2.24) is 0 Å². The van der Waals surface area contributed by atoms with Crippen molar-refractivity contribution < 1.29 is 26.1 Å². The Hall–Kier alpha value is -1.08. The smallest absolute Gasteiger partial charge is 0.269 e. The first-order valence-corrected chi connectivity index (χ1v) is 4.99. The quantitative estimate of drug-likeness (QED) is 0.614. The molecule has 0 fully saturated rings. The summed E-state index contributed by atoms with van der Waals surface area (Å²) >= 11 is 0. The van der Waals surface area contributed by atoms with Crippen LogP contribution in [-0.4, -0.2) is 13.0 Å². The van der Waals surface area contributed by atoms with Crippen LogP contribution in [0.4, 0.5) is 13.2 Å². The standard InChI is InChI=1S/C7H5F3O3S/c8-5-2-7(10)6(9)1-4(5)3-14(11,12)13/h1-2H,3H2,(H,11,12,13). The average Bonchev–Trinajstić information content (AvgIpc) is 1.97. The second-order valence-corrected chi connectivity index (χ2v) is 4.04. The van der Waals surface area contributed by atoms with Gasteiger partial charge in [0.25, 0.3) is 10.1 Å². The minimum atomic E-state index is -4.46. The fourth-order valence-corrected chi connectivity index (χ4v) is 1.49. The first kappa shape index (κ1) is 11.0. The van der Waals surface area contributed by atoms with Gasteiger partial charge in [-0.25, -0.2) is 13.2 Å². The summed E-state index contributed by atoms with van der Waals surface area (Å²) in [5.74, 6) is -5.09. The Morgan fingerprint density at radius 3 is 2.07 bits per heavy atom. The van der Waals surface area contributed by atoms with E-state index < -0.39 is 38.9 Å². The van der Waals surface area contributed by atoms with Gasteiger partial charge in [-0.2, -0.15) is 8.42 Å². The number of halogens is 3. The highest BCUT2D eigenvalue weighted by atomic mass is 32.2. The fourth-order valence-electron chi connectivity index (χ4n) is 0.871. The van der Waals surface area contributed by atoms with Crippen LogP contribution < -0.4 is 0 Å². The van der Waals surface area contributed by atoms with Gasteiger partial charge in [-0.1, -0.05) is 0 Å². The first-order chi connectivity index (χ1) is 6.29. The molecule has 0 radical (unpaired) electrons. The van der Waals surface area contributed by atoms with Crippen molar-refractivity contribution in [3.63, 3.8) is 0 Å². The molecule has 0 aliphatic carbocycles. The summed E-state index contributed by atoms with van der Waals surface area (Å²) in [6, 6.07) is 0.605. The molecule has 0 aromatic heterocycles. The molecule has 0 unspecified atom stereocenters. The number of hydrogen-bond acceptors (Lipinski definition) is 2. The number of rotatable bonds is 2. The molecule has 3 nitrogen and oxygen atoms in total. The lowest BCUT2D eigenvalue weighted by Gasteiger charge is -2.01. The van der Waals surface area contributed by atoms with Gasteiger partial charge in [0.2, 0.25) is 0 Å². The zero-order chi connectivity index (χ0) is 10.9. The molecule has 0 amide bonds. The molecule has 0 saturated carbocycles. The van der Waals surface area contributed by atoms with Crippen molar-refractivity contribution in [2.45, 2.75) is 5.75 Å². The molecule has 0 aliphatic rings. The maximum Gasteiger partial charge on any atom is 0.269 e. The van der Waals surface area contributed by atoms with E-state index in [2.05, 4.69) is 0 Å². The maximum atomic E-state index is 12.8. The largest absolute Gasteiger partial charge is 0.285 e. The summed E-state index contributed by atoms with van der Waals surface area (Å²) in [5.41, 5.74) is -0.619. The Balaban J connectivity index is 3.17. The van der Waals surface area contributed by atoms with E-state index in [4.69, 9.17) is 4.55 Å². The van der Waals surface area contributed by atoms with Gasteiger partial charge in [0.05, 0.1) is 0 Å². The van der Waals surface area contributed by atoms with E-state index in [0.717, 1.165) is 0 Å². The van der Waals surface area contributed by atoms with Crippen LogP contribution in [0.2, 0.25) is 0 Å². The summed E-state index contributed by atoms with van der Waals surface area (Å²) in [6.07, 6.45) is 0. The van der Waals surface area contributed by atoms with Crippen molar-refractivity contribution in [1.29, 1.82) is 0 Å². The Kier molecular flexibility index (Phi) is 2.81. The van der Waals surface area contributed by atoms with E-state index in [-0.39, 0.29) is 6.07 Å². The summed E-state index contributed by atoms with van der Waals surface area (Å²) < 4.78 is 66.6. The summed E-state index contributed by atoms with van der Waals surface area (Å²) in [7, 11) is -4.46. The predicted octanol–water partition coefficient (Wildman–Crippen LogP) is 1.49. The monoisotopic (exact) mass is 226 g/mol. The topological polar surface area (TPSA) is 54.4 Å². The molecule has 0 aliphatic heterocycles. The zero-order valence-corrected chi connectivity index (χ0v) is 7.48. The van der Waals surface area contributed by atoms with Gasteiger partial charge in [-0.05, 0) is 6.07 Å². The molecule has 14 heavy (non-hydrogen) atoms. The highest BCUT2D eigenvalue weighted by molar-refractivity contribution is 7.85. The van der Waals surface area contributed by atoms with Crippen molar-refractivity contribution in [3.8, 4) is 0 Å². The van der Waals surface area contributed by atoms with Crippen LogP contribution in [0.5, 0.6) is 0 Å². The normalized spacial score (nSPS) is 11.7. The summed E-state index contributed by atoms with van der Waals surface area (Å²) in [5, 5.41) is 0. The van der Waals surface area contributed by atoms with E-state index in [1.165, 1.54) is 0 Å². The Labute approximate surface area is 77.9 Å². The predicted molar refractivity (Wildman–Crippen MR) is 41.6 cm³/mol. The van der Waals surface area contributed by atoms with Crippen LogP contribution in [0.1, 0.15) is 5.56 Å². The fraction of sp³-hybridized carbons (Fsp3) is 0.143. The molecule has 1 rings (SSSR count). The third-order valence-electron chi connectivity index (χ3n) is 1.43. The SMILES string of the molecule is O=S(=O)(O)Cc1cc(F)c(F)cc1F. The van der Waals surface area contributed by atoms with Gasteiger partial charge in [0, 0.05) is 11.6 Å². The van der Waals surface area contributed by atoms with Gasteiger partial charge >= 0.3 is 0 Å². The van der Waals surface area contributed by atoms with Gasteiger partial charge in [-0.3, -0.25) is 4.55 Å². The second-order valence-electron chi connectivity index (χ2n) is 2.58. The van der Waals surface area contributed by atoms with Crippen molar-refractivity contribution in [2.24, 2.45) is 0 Å². The number of benzene rings is 1. The average molecular weight is 226 g/mol. The zero-order valence-electron chi connectivity index (χ0n) is 6.67. The van der Waals surface area contributed by atoms with Gasteiger partial charge in [0.15, 0.2) is 11.6 Å². The van der Waals surface area contributed by atoms with Crippen LogP contribution in [-0.2, 0) is 15.9 Å². The molecule has 1 N–H and O–H groups in total. The summed E-state index contributed by atoms with van der Waals surface area (Å²) in [6.45, 7) is 0. The van der Waals surface area contributed by atoms with Gasteiger partial charge < -0.3 is 0 Å².